The maximum Gasteiger partial charge on any atom is 0.144 e. The normalized spacial score (nSPS) is 11.5. The summed E-state index contributed by atoms with van der Waals surface area (Å²) in [7, 11) is -1.89. The molecule has 0 aromatic heterocycles. The molecule has 3 aromatic rings. The van der Waals surface area contributed by atoms with Gasteiger partial charge in [0.15, 0.2) is 0 Å². The highest BCUT2D eigenvalue weighted by Gasteiger charge is 2.18. The summed E-state index contributed by atoms with van der Waals surface area (Å²) < 4.78 is 0. The zero-order valence-electron chi connectivity index (χ0n) is 14.5. The van der Waals surface area contributed by atoms with Crippen LogP contribution in [0.3, 0.4) is 0 Å². The van der Waals surface area contributed by atoms with Crippen LogP contribution in [0.25, 0.3) is 0 Å². The van der Waals surface area contributed by atoms with Crippen molar-refractivity contribution in [3.05, 3.63) is 84.9 Å². The van der Waals surface area contributed by atoms with Crippen LogP contribution in [-0.4, -0.2) is 8.24 Å². The Balaban J connectivity index is 2.05. The quantitative estimate of drug-likeness (QED) is 0.520. The minimum atomic E-state index is -1.36. The molecule has 0 aliphatic rings. The minimum absolute atomic E-state index is 0.528. The van der Waals surface area contributed by atoms with Crippen LogP contribution in [0.15, 0.2) is 84.9 Å². The van der Waals surface area contributed by atoms with Crippen LogP contribution < -0.4 is 20.9 Å². The first-order valence-electron chi connectivity index (χ1n) is 8.31. The van der Waals surface area contributed by atoms with Crippen LogP contribution in [0.5, 0.6) is 0 Å². The Hall–Kier alpha value is -1.89. The highest BCUT2D eigenvalue weighted by Crippen LogP contribution is 2.33. The van der Waals surface area contributed by atoms with Gasteiger partial charge in [0, 0.05) is 5.69 Å². The molecule has 0 bridgehead atoms. The van der Waals surface area contributed by atoms with Gasteiger partial charge in [-0.15, -0.1) is 0 Å². The van der Waals surface area contributed by atoms with Crippen LogP contribution >= 0.6 is 7.92 Å². The molecule has 0 aliphatic heterocycles. The average Bonchev–Trinajstić information content (AvgIpc) is 2.56. The van der Waals surface area contributed by atoms with Crippen LogP contribution in [-0.2, 0) is 0 Å². The van der Waals surface area contributed by atoms with Gasteiger partial charge in [-0.2, -0.15) is 0 Å². The molecule has 0 amide bonds. The molecule has 24 heavy (non-hydrogen) atoms. The third kappa shape index (κ3) is 4.34. The maximum atomic E-state index is 3.73. The van der Waals surface area contributed by atoms with E-state index < -0.39 is 16.2 Å². The second kappa shape index (κ2) is 7.34. The molecule has 1 N–H and O–H groups in total. The van der Waals surface area contributed by atoms with Gasteiger partial charge >= 0.3 is 0 Å². The minimum Gasteiger partial charge on any atom is -0.411 e. The summed E-state index contributed by atoms with van der Waals surface area (Å²) in [6.45, 7) is 6.99. The molecule has 3 aromatic carbocycles. The fraction of sp³-hybridized carbons (Fsp3) is 0.143. The molecule has 0 saturated heterocycles. The molecule has 1 nitrogen and oxygen atoms in total. The number of rotatable bonds is 5. The zero-order valence-corrected chi connectivity index (χ0v) is 16.4. The summed E-state index contributed by atoms with van der Waals surface area (Å²) in [5.41, 5.74) is 1.24. The smallest absolute Gasteiger partial charge is 0.144 e. The summed E-state index contributed by atoms with van der Waals surface area (Å²) in [5.74, 6) is 0. The molecule has 0 aliphatic carbocycles. The summed E-state index contributed by atoms with van der Waals surface area (Å²) in [6, 6.07) is 30.7. The van der Waals surface area contributed by atoms with Gasteiger partial charge in [-0.05, 0) is 36.0 Å². The van der Waals surface area contributed by atoms with Crippen molar-refractivity contribution in [1.29, 1.82) is 0 Å². The number of benzene rings is 3. The molecule has 3 rings (SSSR count). The summed E-state index contributed by atoms with van der Waals surface area (Å²) >= 11 is 0. The SMILES string of the molecule is C[Si](C)(C)Nc1cccc(P(c2ccccc2)c2ccccc2)c1. The molecule has 0 saturated carbocycles. The van der Waals surface area contributed by atoms with Crippen molar-refractivity contribution in [1.82, 2.24) is 0 Å². The van der Waals surface area contributed by atoms with E-state index in [-0.39, 0.29) is 0 Å². The Morgan fingerprint density at radius 3 is 1.62 bits per heavy atom. The Morgan fingerprint density at radius 2 is 1.12 bits per heavy atom. The fourth-order valence-electron chi connectivity index (χ4n) is 2.76. The first-order valence-corrected chi connectivity index (χ1v) is 13.2. The molecule has 0 fully saturated rings. The highest BCUT2D eigenvalue weighted by atomic mass is 31.1. The molecule has 0 radical (unpaired) electrons. The second-order valence-electron chi connectivity index (χ2n) is 6.93. The zero-order chi connectivity index (χ0) is 17.0. The van der Waals surface area contributed by atoms with E-state index in [0.29, 0.717) is 0 Å². The van der Waals surface area contributed by atoms with Crippen molar-refractivity contribution in [2.24, 2.45) is 0 Å². The van der Waals surface area contributed by atoms with E-state index >= 15 is 0 Å². The predicted octanol–water partition coefficient (Wildman–Crippen LogP) is 4.69. The van der Waals surface area contributed by atoms with Crippen molar-refractivity contribution in [3.8, 4) is 0 Å². The Bertz CT molecular complexity index is 742. The average molecular weight is 349 g/mol. The summed E-state index contributed by atoms with van der Waals surface area (Å²) in [6.07, 6.45) is 0. The molecule has 0 spiro atoms. The Labute approximate surface area is 147 Å². The molecule has 3 heteroatoms. The standard InChI is InChI=1S/C21H24NPSi/c1-24(2,3)22-18-11-10-16-21(17-18)23(19-12-6-4-7-13-19)20-14-8-5-9-15-20/h4-17,22H,1-3H3. The van der Waals surface area contributed by atoms with Gasteiger partial charge in [-0.1, -0.05) is 92.4 Å². The summed E-state index contributed by atoms with van der Waals surface area (Å²) in [5, 5.41) is 4.18. The van der Waals surface area contributed by atoms with Crippen LogP contribution in [0.1, 0.15) is 0 Å². The van der Waals surface area contributed by atoms with Gasteiger partial charge in [-0.3, -0.25) is 0 Å². The van der Waals surface area contributed by atoms with Crippen LogP contribution in [0.2, 0.25) is 19.6 Å². The van der Waals surface area contributed by atoms with Crippen molar-refractivity contribution in [2.45, 2.75) is 19.6 Å². The lowest BCUT2D eigenvalue weighted by molar-refractivity contribution is 1.59. The van der Waals surface area contributed by atoms with Gasteiger partial charge in [0.25, 0.3) is 0 Å². The van der Waals surface area contributed by atoms with E-state index in [1.807, 2.05) is 0 Å². The van der Waals surface area contributed by atoms with Gasteiger partial charge in [0.05, 0.1) is 0 Å². The van der Waals surface area contributed by atoms with Crippen molar-refractivity contribution in [2.75, 3.05) is 4.98 Å². The molecular formula is C21H24NPSi. The van der Waals surface area contributed by atoms with E-state index in [1.165, 1.54) is 21.6 Å². The van der Waals surface area contributed by atoms with E-state index in [9.17, 15) is 0 Å². The molecule has 0 heterocycles. The van der Waals surface area contributed by atoms with Gasteiger partial charge in [-0.25, -0.2) is 0 Å². The predicted molar refractivity (Wildman–Crippen MR) is 112 cm³/mol. The maximum absolute atomic E-state index is 3.73. The first-order chi connectivity index (χ1) is 11.5. The second-order valence-corrected chi connectivity index (χ2v) is 13.9. The fourth-order valence-corrected chi connectivity index (χ4v) is 6.12. The lowest BCUT2D eigenvalue weighted by atomic mass is 10.3. The Morgan fingerprint density at radius 1 is 0.625 bits per heavy atom. The van der Waals surface area contributed by atoms with Crippen molar-refractivity contribution >= 4 is 37.8 Å². The molecule has 0 unspecified atom stereocenters. The largest absolute Gasteiger partial charge is 0.411 e. The van der Waals surface area contributed by atoms with E-state index in [2.05, 4.69) is 110 Å². The topological polar surface area (TPSA) is 12.0 Å². The van der Waals surface area contributed by atoms with Gasteiger partial charge < -0.3 is 4.98 Å². The van der Waals surface area contributed by atoms with Gasteiger partial charge in [0.2, 0.25) is 0 Å². The molecular weight excluding hydrogens is 325 g/mol. The Kier molecular flexibility index (Phi) is 5.18. The highest BCUT2D eigenvalue weighted by molar-refractivity contribution is 7.79. The van der Waals surface area contributed by atoms with Gasteiger partial charge in [0.1, 0.15) is 8.24 Å². The third-order valence-corrected chi connectivity index (χ3v) is 7.11. The number of nitrogens with one attached hydrogen (secondary N) is 1. The first kappa shape index (κ1) is 16.9. The molecule has 0 atom stereocenters. The monoisotopic (exact) mass is 349 g/mol. The number of hydrogen-bond donors (Lipinski definition) is 1. The van der Waals surface area contributed by atoms with E-state index in [4.69, 9.17) is 0 Å². The number of hydrogen-bond acceptors (Lipinski definition) is 1. The van der Waals surface area contributed by atoms with Crippen LogP contribution in [0.4, 0.5) is 5.69 Å². The van der Waals surface area contributed by atoms with Crippen molar-refractivity contribution in [3.63, 3.8) is 0 Å². The lowest BCUT2D eigenvalue weighted by Crippen LogP contribution is -2.32. The molecule has 122 valence electrons. The van der Waals surface area contributed by atoms with Crippen molar-refractivity contribution < 1.29 is 0 Å². The van der Waals surface area contributed by atoms with E-state index in [1.54, 1.807) is 0 Å². The number of anilines is 1. The summed E-state index contributed by atoms with van der Waals surface area (Å²) in [4.78, 5) is 3.73. The van der Waals surface area contributed by atoms with E-state index in [0.717, 1.165) is 0 Å². The lowest BCUT2D eigenvalue weighted by Gasteiger charge is -2.23. The third-order valence-electron chi connectivity index (χ3n) is 3.65. The van der Waals surface area contributed by atoms with Crippen LogP contribution in [0, 0.1) is 0 Å².